The molecule has 1 aliphatic rings. The number of nitrogens with one attached hydrogen (secondary N) is 3. The van der Waals surface area contributed by atoms with Gasteiger partial charge in [-0.3, -0.25) is 14.3 Å². The quantitative estimate of drug-likeness (QED) is 0.0786. The van der Waals surface area contributed by atoms with E-state index in [0.717, 1.165) is 36.1 Å². The SMILES string of the molecule is BCN/C(=N\C(=O)OC(C)(C)C)NC1C(OCCCC)[C@](COCCCC)(CO[Si](c2ccccc2)(c2ccccc2)C(C)(C)C)O[C@H]1n1cc(C)c(=O)[nH]c1=O. The normalized spacial score (nSPS) is 20.4. The Kier molecular flexibility index (Phi) is 16.1. The minimum absolute atomic E-state index is 0.0225. The summed E-state index contributed by atoms with van der Waals surface area (Å²) in [5.74, 6) is 0.110. The van der Waals surface area contributed by atoms with Crippen molar-refractivity contribution in [1.29, 1.82) is 0 Å². The van der Waals surface area contributed by atoms with Crippen LogP contribution < -0.4 is 32.3 Å². The number of H-pyrrole nitrogens is 1. The standard InChI is InChI=1S/C42H64BN5O8Si/c1-10-12-24-52-27-42(28-54-57(41(7,8)9,31-20-16-14-17-21-31)32-22-18-15-19-23-32)34(53-25-13-11-2)33(36(55-42)48-26-30(3)35(49)46-38(48)50)45-37(44-29-43)47-39(51)56-40(4,5)6/h14-23,26,33-34,36H,10-13,24-25,27-29,43H2,1-9H3,(H,46,49,50)(H2,44,45,47,51)/t33?,34?,36-,42+/m1/s1. The van der Waals surface area contributed by atoms with Gasteiger partial charge in [-0.15, -0.1) is 4.99 Å². The summed E-state index contributed by atoms with van der Waals surface area (Å²) in [6.45, 7) is 18.6. The Morgan fingerprint density at radius 2 is 1.54 bits per heavy atom. The van der Waals surface area contributed by atoms with E-state index in [-0.39, 0.29) is 24.2 Å². The minimum atomic E-state index is -3.15. The molecular formula is C42H64BN5O8Si. The van der Waals surface area contributed by atoms with Crippen LogP contribution in [0.2, 0.25) is 5.04 Å². The molecule has 0 saturated carbocycles. The van der Waals surface area contributed by atoms with Gasteiger partial charge in [0.1, 0.15) is 31.2 Å². The number of rotatable bonds is 17. The zero-order valence-corrected chi connectivity index (χ0v) is 36.6. The van der Waals surface area contributed by atoms with Gasteiger partial charge in [0, 0.05) is 25.0 Å². The van der Waals surface area contributed by atoms with E-state index in [9.17, 15) is 14.4 Å². The van der Waals surface area contributed by atoms with Crippen LogP contribution in [-0.2, 0) is 23.4 Å². The first-order chi connectivity index (χ1) is 27.0. The Bertz CT molecular complexity index is 1840. The topological polar surface area (TPSA) is 154 Å². The van der Waals surface area contributed by atoms with Crippen molar-refractivity contribution in [2.75, 3.05) is 32.9 Å². The Hall–Kier alpha value is -4.02. The Morgan fingerprint density at radius 1 is 0.947 bits per heavy atom. The van der Waals surface area contributed by atoms with Crippen LogP contribution in [0.25, 0.3) is 0 Å². The molecule has 0 spiro atoms. The zero-order valence-electron chi connectivity index (χ0n) is 35.6. The number of amides is 1. The van der Waals surface area contributed by atoms with Gasteiger partial charge >= 0.3 is 11.8 Å². The van der Waals surface area contributed by atoms with Crippen LogP contribution in [0.1, 0.15) is 92.9 Å². The summed E-state index contributed by atoms with van der Waals surface area (Å²) >= 11 is 0. The van der Waals surface area contributed by atoms with Gasteiger partial charge < -0.3 is 34.0 Å². The fraction of sp³-hybridized carbons (Fsp3) is 0.571. The van der Waals surface area contributed by atoms with E-state index >= 15 is 0 Å². The van der Waals surface area contributed by atoms with Gasteiger partial charge in [-0.25, -0.2) is 9.59 Å². The third-order valence-corrected chi connectivity index (χ3v) is 14.9. The van der Waals surface area contributed by atoms with Crippen molar-refractivity contribution in [2.45, 2.75) is 123 Å². The van der Waals surface area contributed by atoms with Crippen molar-refractivity contribution in [1.82, 2.24) is 20.2 Å². The summed E-state index contributed by atoms with van der Waals surface area (Å²) in [5.41, 5.74) is -2.95. The first kappa shape index (κ1) is 45.7. The number of aryl methyl sites for hydroxylation is 1. The molecule has 1 aliphatic heterocycles. The summed E-state index contributed by atoms with van der Waals surface area (Å²) in [5, 5.41) is 8.37. The van der Waals surface area contributed by atoms with Gasteiger partial charge in [-0.1, -0.05) is 108 Å². The average Bonchev–Trinajstić information content (AvgIpc) is 3.43. The van der Waals surface area contributed by atoms with Gasteiger partial charge in [0.05, 0.1) is 13.2 Å². The molecule has 3 N–H and O–H groups in total. The van der Waals surface area contributed by atoms with Gasteiger partial charge in [0.25, 0.3) is 13.9 Å². The molecule has 1 aromatic heterocycles. The number of benzene rings is 2. The Labute approximate surface area is 339 Å². The predicted molar refractivity (Wildman–Crippen MR) is 230 cm³/mol. The maximum absolute atomic E-state index is 13.7. The second kappa shape index (κ2) is 20.1. The molecule has 15 heteroatoms. The largest absolute Gasteiger partial charge is 0.442 e. The van der Waals surface area contributed by atoms with Crippen LogP contribution in [0.4, 0.5) is 4.79 Å². The number of aliphatic imine (C=N–C) groups is 1. The van der Waals surface area contributed by atoms with Gasteiger partial charge in [0.2, 0.25) is 5.96 Å². The van der Waals surface area contributed by atoms with Crippen LogP contribution >= 0.6 is 0 Å². The van der Waals surface area contributed by atoms with Crippen molar-refractivity contribution in [2.24, 2.45) is 4.99 Å². The molecule has 1 fully saturated rings. The number of guanidine groups is 1. The number of hydrogen-bond acceptors (Lipinski definition) is 8. The Morgan fingerprint density at radius 3 is 2.09 bits per heavy atom. The number of nitrogens with zero attached hydrogens (tertiary/aromatic N) is 2. The van der Waals surface area contributed by atoms with Crippen molar-refractivity contribution >= 4 is 38.6 Å². The lowest BCUT2D eigenvalue weighted by atomic mass is 9.94. The minimum Gasteiger partial charge on any atom is -0.442 e. The molecule has 0 aliphatic carbocycles. The number of aromatic nitrogens is 2. The first-order valence-corrected chi connectivity index (χ1v) is 22.2. The van der Waals surface area contributed by atoms with Crippen LogP contribution in [0, 0.1) is 6.92 Å². The molecule has 4 rings (SSSR count). The summed E-state index contributed by atoms with van der Waals surface area (Å²) in [7, 11) is -1.27. The lowest BCUT2D eigenvalue weighted by molar-refractivity contribution is -0.168. The first-order valence-electron chi connectivity index (χ1n) is 20.3. The van der Waals surface area contributed by atoms with Crippen molar-refractivity contribution < 1.29 is 28.2 Å². The number of carbonyl (C=O) groups is 1. The molecule has 3 aromatic rings. The van der Waals surface area contributed by atoms with E-state index in [1.807, 2.05) is 44.2 Å². The third kappa shape index (κ3) is 11.3. The van der Waals surface area contributed by atoms with Crippen LogP contribution in [-0.4, -0.2) is 94.0 Å². The van der Waals surface area contributed by atoms with Gasteiger partial charge in [-0.05, 0) is 62.4 Å². The van der Waals surface area contributed by atoms with Crippen molar-refractivity contribution in [3.8, 4) is 0 Å². The van der Waals surface area contributed by atoms with Gasteiger partial charge in [-0.2, -0.15) is 0 Å². The predicted octanol–water partition coefficient (Wildman–Crippen LogP) is 4.12. The molecule has 1 amide bonds. The summed E-state index contributed by atoms with van der Waals surface area (Å²) in [4.78, 5) is 46.3. The fourth-order valence-electron chi connectivity index (χ4n) is 7.20. The van der Waals surface area contributed by atoms with Crippen molar-refractivity contribution in [3.05, 3.63) is 93.3 Å². The van der Waals surface area contributed by atoms with Gasteiger partial charge in [0.15, 0.2) is 6.23 Å². The average molecular weight is 806 g/mol. The molecule has 4 atom stereocenters. The van der Waals surface area contributed by atoms with E-state index in [0.29, 0.717) is 25.2 Å². The molecule has 0 radical (unpaired) electrons. The number of ether oxygens (including phenoxy) is 4. The molecular weight excluding hydrogens is 741 g/mol. The summed E-state index contributed by atoms with van der Waals surface area (Å²) in [6.07, 6.45) is 2.56. The summed E-state index contributed by atoms with van der Waals surface area (Å²) < 4.78 is 35.1. The molecule has 13 nitrogen and oxygen atoms in total. The van der Waals surface area contributed by atoms with Crippen LogP contribution in [0.3, 0.4) is 0 Å². The monoisotopic (exact) mass is 805 g/mol. The second-order valence-electron chi connectivity index (χ2n) is 16.7. The highest BCUT2D eigenvalue weighted by Crippen LogP contribution is 2.43. The Balaban J connectivity index is 1.99. The molecule has 2 heterocycles. The maximum Gasteiger partial charge on any atom is 0.437 e. The molecule has 2 unspecified atom stereocenters. The van der Waals surface area contributed by atoms with Crippen LogP contribution in [0.5, 0.6) is 0 Å². The van der Waals surface area contributed by atoms with E-state index in [2.05, 4.69) is 79.5 Å². The highest BCUT2D eigenvalue weighted by Gasteiger charge is 2.60. The van der Waals surface area contributed by atoms with E-state index < -0.39 is 55.2 Å². The van der Waals surface area contributed by atoms with Crippen LogP contribution in [0.15, 0.2) is 81.4 Å². The molecule has 1 saturated heterocycles. The lowest BCUT2D eigenvalue weighted by Crippen LogP contribution is -2.68. The van der Waals surface area contributed by atoms with E-state index in [1.165, 1.54) is 10.8 Å². The molecule has 57 heavy (non-hydrogen) atoms. The number of aromatic amines is 1. The highest BCUT2D eigenvalue weighted by atomic mass is 28.4. The number of unbranched alkanes of at least 4 members (excludes halogenated alkanes) is 2. The smallest absolute Gasteiger partial charge is 0.437 e. The zero-order chi connectivity index (χ0) is 41.9. The molecule has 312 valence electrons. The fourth-order valence-corrected chi connectivity index (χ4v) is 11.8. The molecule has 2 aromatic carbocycles. The van der Waals surface area contributed by atoms with E-state index in [4.69, 9.17) is 23.4 Å². The van der Waals surface area contributed by atoms with E-state index in [1.54, 1.807) is 27.7 Å². The van der Waals surface area contributed by atoms with Crippen molar-refractivity contribution in [3.63, 3.8) is 0 Å². The maximum atomic E-state index is 13.7. The number of carbonyl (C=O) groups excluding carboxylic acids is 1. The highest BCUT2D eigenvalue weighted by molar-refractivity contribution is 6.99. The second-order valence-corrected chi connectivity index (χ2v) is 21.0. The number of hydrogen-bond donors (Lipinski definition) is 3. The lowest BCUT2D eigenvalue weighted by Gasteiger charge is -2.45. The molecule has 0 bridgehead atoms. The summed E-state index contributed by atoms with van der Waals surface area (Å²) in [6, 6.07) is 19.8. The third-order valence-electron chi connectivity index (χ3n) is 9.91.